The molecule has 5 aromatic rings. The number of hydrogen-bond donors (Lipinski definition) is 0. The molecule has 166 valence electrons. The van der Waals surface area contributed by atoms with Crippen LogP contribution in [0.4, 0.5) is 0 Å². The quantitative estimate of drug-likeness (QED) is 0.233. The highest BCUT2D eigenvalue weighted by Crippen LogP contribution is 2.52. The predicted octanol–water partition coefficient (Wildman–Crippen LogP) is 7.42. The SMILES string of the molecule is PC(c1ccccc1)(c1ccccc1)c1cccnc1C(P)(c1ccccc1)c1ccccc1. The molecule has 3 heteroatoms. The van der Waals surface area contributed by atoms with E-state index in [0.29, 0.717) is 0 Å². The monoisotopic (exact) mass is 475 g/mol. The molecule has 2 unspecified atom stereocenters. The van der Waals surface area contributed by atoms with E-state index in [2.05, 4.69) is 146 Å². The second kappa shape index (κ2) is 9.63. The zero-order chi connectivity index (χ0) is 23.4. The van der Waals surface area contributed by atoms with E-state index in [4.69, 9.17) is 4.98 Å². The van der Waals surface area contributed by atoms with Gasteiger partial charge in [-0.2, -0.15) is 0 Å². The third-order valence-corrected chi connectivity index (χ3v) is 8.44. The molecule has 1 heterocycles. The summed E-state index contributed by atoms with van der Waals surface area (Å²) < 4.78 is 0. The molecule has 0 bridgehead atoms. The molecule has 0 aliphatic carbocycles. The maximum absolute atomic E-state index is 5.09. The molecule has 2 atom stereocenters. The van der Waals surface area contributed by atoms with Crippen molar-refractivity contribution in [3.05, 3.63) is 173 Å². The van der Waals surface area contributed by atoms with Gasteiger partial charge >= 0.3 is 0 Å². The molecule has 1 nitrogen and oxygen atoms in total. The Morgan fingerprint density at radius 3 is 1.15 bits per heavy atom. The minimum Gasteiger partial charge on any atom is -0.259 e. The first kappa shape index (κ1) is 22.7. The number of rotatable bonds is 6. The summed E-state index contributed by atoms with van der Waals surface area (Å²) in [7, 11) is 6.33. The van der Waals surface area contributed by atoms with Crippen molar-refractivity contribution in [2.24, 2.45) is 0 Å². The Morgan fingerprint density at radius 2 is 0.765 bits per heavy atom. The van der Waals surface area contributed by atoms with Crippen molar-refractivity contribution in [2.75, 3.05) is 0 Å². The normalized spacial score (nSPS) is 11.8. The van der Waals surface area contributed by atoms with Crippen LogP contribution in [0.3, 0.4) is 0 Å². The molecular formula is C31H27NP2. The van der Waals surface area contributed by atoms with Crippen LogP contribution in [0.1, 0.15) is 33.5 Å². The van der Waals surface area contributed by atoms with Crippen LogP contribution in [-0.2, 0) is 10.3 Å². The van der Waals surface area contributed by atoms with Gasteiger partial charge in [-0.15, -0.1) is 18.5 Å². The molecular weight excluding hydrogens is 448 g/mol. The lowest BCUT2D eigenvalue weighted by atomic mass is 9.77. The first-order chi connectivity index (χ1) is 16.6. The number of aromatic nitrogens is 1. The fourth-order valence-electron chi connectivity index (χ4n) is 4.76. The highest BCUT2D eigenvalue weighted by atomic mass is 31.0. The molecule has 5 rings (SSSR count). The molecule has 4 aromatic carbocycles. The Labute approximate surface area is 206 Å². The molecule has 0 saturated carbocycles. The second-order valence-electron chi connectivity index (χ2n) is 8.48. The van der Waals surface area contributed by atoms with Crippen LogP contribution in [0.2, 0.25) is 0 Å². The predicted molar refractivity (Wildman–Crippen MR) is 149 cm³/mol. The van der Waals surface area contributed by atoms with Gasteiger partial charge in [0.1, 0.15) is 0 Å². The molecule has 0 N–H and O–H groups in total. The van der Waals surface area contributed by atoms with Crippen LogP contribution in [-0.4, -0.2) is 4.98 Å². The zero-order valence-corrected chi connectivity index (χ0v) is 21.2. The number of benzene rings is 4. The second-order valence-corrected chi connectivity index (χ2v) is 10.2. The molecule has 0 amide bonds. The van der Waals surface area contributed by atoms with Gasteiger partial charge in [-0.3, -0.25) is 4.98 Å². The Kier molecular flexibility index (Phi) is 6.42. The Hall–Kier alpha value is -3.11. The van der Waals surface area contributed by atoms with Crippen LogP contribution in [0.5, 0.6) is 0 Å². The number of pyridine rings is 1. The zero-order valence-electron chi connectivity index (χ0n) is 18.9. The van der Waals surface area contributed by atoms with Gasteiger partial charge in [-0.05, 0) is 33.9 Å². The van der Waals surface area contributed by atoms with E-state index in [0.717, 1.165) is 11.3 Å². The van der Waals surface area contributed by atoms with Crippen LogP contribution in [0.25, 0.3) is 0 Å². The first-order valence-corrected chi connectivity index (χ1v) is 12.6. The third kappa shape index (κ3) is 3.90. The van der Waals surface area contributed by atoms with Gasteiger partial charge < -0.3 is 0 Å². The van der Waals surface area contributed by atoms with E-state index in [-0.39, 0.29) is 0 Å². The van der Waals surface area contributed by atoms with E-state index < -0.39 is 10.3 Å². The lowest BCUT2D eigenvalue weighted by Crippen LogP contribution is -2.31. The van der Waals surface area contributed by atoms with Gasteiger partial charge in [-0.1, -0.05) is 127 Å². The summed E-state index contributed by atoms with van der Waals surface area (Å²) in [5, 5.41) is -0.998. The smallest absolute Gasteiger partial charge is 0.0766 e. The van der Waals surface area contributed by atoms with E-state index in [1.165, 1.54) is 22.3 Å². The summed E-state index contributed by atoms with van der Waals surface area (Å²) in [6, 6.07) is 46.9. The molecule has 1 aromatic heterocycles. The van der Waals surface area contributed by atoms with Gasteiger partial charge in [0.2, 0.25) is 0 Å². The van der Waals surface area contributed by atoms with Crippen molar-refractivity contribution in [3.63, 3.8) is 0 Å². The summed E-state index contributed by atoms with van der Waals surface area (Å²) >= 11 is 0. The lowest BCUT2D eigenvalue weighted by Gasteiger charge is -2.38. The summed E-state index contributed by atoms with van der Waals surface area (Å²) in [6.45, 7) is 0. The fourth-order valence-corrected chi connectivity index (χ4v) is 5.99. The van der Waals surface area contributed by atoms with E-state index in [1.807, 2.05) is 12.3 Å². The van der Waals surface area contributed by atoms with Crippen LogP contribution < -0.4 is 0 Å². The van der Waals surface area contributed by atoms with Gasteiger partial charge in [0.05, 0.1) is 16.0 Å². The van der Waals surface area contributed by atoms with Crippen molar-refractivity contribution in [3.8, 4) is 0 Å². The Morgan fingerprint density at radius 1 is 0.412 bits per heavy atom. The Bertz CT molecular complexity index is 1170. The minimum absolute atomic E-state index is 0.475. The molecule has 0 radical (unpaired) electrons. The molecule has 0 spiro atoms. The van der Waals surface area contributed by atoms with Crippen LogP contribution in [0, 0.1) is 0 Å². The first-order valence-electron chi connectivity index (χ1n) is 11.4. The summed E-state index contributed by atoms with van der Waals surface area (Å²) in [5.74, 6) is 0. The maximum Gasteiger partial charge on any atom is 0.0766 e. The Balaban J connectivity index is 1.85. The molecule has 34 heavy (non-hydrogen) atoms. The summed E-state index contributed by atoms with van der Waals surface area (Å²) in [5.41, 5.74) is 6.93. The van der Waals surface area contributed by atoms with Crippen LogP contribution >= 0.6 is 18.5 Å². The summed E-state index contributed by atoms with van der Waals surface area (Å²) in [6.07, 6.45) is 1.91. The summed E-state index contributed by atoms with van der Waals surface area (Å²) in [4.78, 5) is 5.09. The topological polar surface area (TPSA) is 12.9 Å². The number of nitrogens with zero attached hydrogens (tertiary/aromatic N) is 1. The van der Waals surface area contributed by atoms with E-state index >= 15 is 0 Å². The van der Waals surface area contributed by atoms with E-state index in [1.54, 1.807) is 0 Å². The van der Waals surface area contributed by atoms with Crippen molar-refractivity contribution in [1.29, 1.82) is 0 Å². The van der Waals surface area contributed by atoms with Gasteiger partial charge in [0, 0.05) is 6.20 Å². The number of hydrogen-bond acceptors (Lipinski definition) is 1. The average Bonchev–Trinajstić information content (AvgIpc) is 2.94. The largest absolute Gasteiger partial charge is 0.259 e. The minimum atomic E-state index is -0.523. The third-order valence-electron chi connectivity index (χ3n) is 6.52. The fraction of sp³-hybridized carbons (Fsp3) is 0.0645. The van der Waals surface area contributed by atoms with Gasteiger partial charge in [0.15, 0.2) is 0 Å². The average molecular weight is 476 g/mol. The van der Waals surface area contributed by atoms with E-state index in [9.17, 15) is 0 Å². The standard InChI is InChI=1S/C31H27NP2/c33-30(24-14-5-1-6-15-24,25-16-7-2-8-17-25)28-22-13-23-32-29(28)31(34,26-18-9-3-10-19-26)27-20-11-4-12-21-27/h1-23H,33-34H2. The molecule has 0 saturated heterocycles. The van der Waals surface area contributed by atoms with Crippen molar-refractivity contribution < 1.29 is 0 Å². The maximum atomic E-state index is 5.09. The highest BCUT2D eigenvalue weighted by Gasteiger charge is 2.41. The van der Waals surface area contributed by atoms with Crippen molar-refractivity contribution in [1.82, 2.24) is 4.98 Å². The van der Waals surface area contributed by atoms with Crippen molar-refractivity contribution in [2.45, 2.75) is 10.3 Å². The molecule has 0 aliphatic rings. The van der Waals surface area contributed by atoms with Crippen LogP contribution in [0.15, 0.2) is 140 Å². The molecule has 0 aliphatic heterocycles. The van der Waals surface area contributed by atoms with Gasteiger partial charge in [-0.25, -0.2) is 0 Å². The lowest BCUT2D eigenvalue weighted by molar-refractivity contribution is 0.781. The van der Waals surface area contributed by atoms with Gasteiger partial charge in [0.25, 0.3) is 0 Å². The highest BCUT2D eigenvalue weighted by molar-refractivity contribution is 7.20. The van der Waals surface area contributed by atoms with Crippen molar-refractivity contribution >= 4 is 18.5 Å². The molecule has 0 fully saturated rings.